The van der Waals surface area contributed by atoms with Gasteiger partial charge in [0.25, 0.3) is 0 Å². The van der Waals surface area contributed by atoms with E-state index >= 15 is 0 Å². The number of unbranched alkanes of at least 4 members (excludes halogenated alkanes) is 5. The molecule has 0 aromatic carbocycles. The number of hydrogen-bond acceptors (Lipinski definition) is 0. The second kappa shape index (κ2) is 11.7. The second-order valence-corrected chi connectivity index (χ2v) is 4.89. The molecule has 0 heteroatoms. The molecule has 0 N–H and O–H groups in total. The van der Waals surface area contributed by atoms with Gasteiger partial charge in [-0.1, -0.05) is 50.5 Å². The SMILES string of the molecule is C=CCCCCCC=C.CCCC=C1CC1C. The standard InChI is InChI=1S/C9H16.C8H14/c1-3-5-7-9-8-6-4-2;1-3-4-5-8-6-7(8)2/h3-4H,1-2,5-9H2;5,7H,3-4,6H2,1-2H3. The van der Waals surface area contributed by atoms with Crippen molar-refractivity contribution in [2.45, 2.75) is 65.2 Å². The predicted octanol–water partition coefficient (Wildman–Crippen LogP) is 6.06. The molecule has 98 valence electrons. The van der Waals surface area contributed by atoms with Crippen LogP contribution in [0.15, 0.2) is 37.0 Å². The lowest BCUT2D eigenvalue weighted by Crippen LogP contribution is -1.72. The fraction of sp³-hybridized carbons (Fsp3) is 0.647. The van der Waals surface area contributed by atoms with Gasteiger partial charge in [0, 0.05) is 0 Å². The zero-order valence-electron chi connectivity index (χ0n) is 11.9. The molecule has 0 bridgehead atoms. The van der Waals surface area contributed by atoms with Gasteiger partial charge in [0.15, 0.2) is 0 Å². The maximum atomic E-state index is 3.66. The van der Waals surface area contributed by atoms with Crippen molar-refractivity contribution < 1.29 is 0 Å². The molecule has 17 heavy (non-hydrogen) atoms. The molecule has 1 rings (SSSR count). The predicted molar refractivity (Wildman–Crippen MR) is 80.3 cm³/mol. The minimum absolute atomic E-state index is 0.932. The first-order valence-electron chi connectivity index (χ1n) is 7.16. The highest BCUT2D eigenvalue weighted by atomic mass is 14.3. The second-order valence-electron chi connectivity index (χ2n) is 4.89. The molecular weight excluding hydrogens is 204 g/mol. The van der Waals surface area contributed by atoms with Crippen LogP contribution in [0.4, 0.5) is 0 Å². The summed E-state index contributed by atoms with van der Waals surface area (Å²) in [5.41, 5.74) is 1.69. The first kappa shape index (κ1) is 16.2. The summed E-state index contributed by atoms with van der Waals surface area (Å²) in [5, 5.41) is 0. The Labute approximate surface area is 109 Å². The molecular formula is C17H30. The van der Waals surface area contributed by atoms with Crippen LogP contribution < -0.4 is 0 Å². The Balaban J connectivity index is 0.000000302. The summed E-state index contributed by atoms with van der Waals surface area (Å²) < 4.78 is 0. The summed E-state index contributed by atoms with van der Waals surface area (Å²) >= 11 is 0. The Morgan fingerprint density at radius 2 is 1.59 bits per heavy atom. The van der Waals surface area contributed by atoms with E-state index in [1.165, 1.54) is 38.5 Å². The van der Waals surface area contributed by atoms with Gasteiger partial charge in [-0.25, -0.2) is 0 Å². The first-order chi connectivity index (χ1) is 8.26. The minimum atomic E-state index is 0.932. The maximum Gasteiger partial charge on any atom is -0.0194 e. The van der Waals surface area contributed by atoms with Gasteiger partial charge in [-0.15, -0.1) is 13.2 Å². The van der Waals surface area contributed by atoms with Crippen LogP contribution in [-0.4, -0.2) is 0 Å². The molecule has 0 nitrogen and oxygen atoms in total. The zero-order chi connectivity index (χ0) is 12.9. The molecule has 0 heterocycles. The molecule has 0 saturated heterocycles. The van der Waals surface area contributed by atoms with Gasteiger partial charge in [-0.05, 0) is 44.4 Å². The zero-order valence-corrected chi connectivity index (χ0v) is 11.9. The molecule has 0 aromatic heterocycles. The van der Waals surface area contributed by atoms with Crippen LogP contribution in [0, 0.1) is 5.92 Å². The van der Waals surface area contributed by atoms with Crippen molar-refractivity contribution in [2.75, 3.05) is 0 Å². The van der Waals surface area contributed by atoms with Crippen LogP contribution in [0.2, 0.25) is 0 Å². The normalized spacial score (nSPS) is 19.4. The van der Waals surface area contributed by atoms with E-state index in [9.17, 15) is 0 Å². The number of rotatable bonds is 8. The summed E-state index contributed by atoms with van der Waals surface area (Å²) in [6.07, 6.45) is 16.5. The Kier molecular flexibility index (Phi) is 11.2. The summed E-state index contributed by atoms with van der Waals surface area (Å²) in [4.78, 5) is 0. The van der Waals surface area contributed by atoms with Crippen molar-refractivity contribution in [3.63, 3.8) is 0 Å². The minimum Gasteiger partial charge on any atom is -0.103 e. The largest absolute Gasteiger partial charge is 0.103 e. The van der Waals surface area contributed by atoms with E-state index in [1.54, 1.807) is 5.57 Å². The van der Waals surface area contributed by atoms with Gasteiger partial charge in [0.1, 0.15) is 0 Å². The summed E-state index contributed by atoms with van der Waals surface area (Å²) in [6.45, 7) is 11.8. The van der Waals surface area contributed by atoms with Crippen LogP contribution >= 0.6 is 0 Å². The third-order valence-corrected chi connectivity index (χ3v) is 3.03. The molecule has 0 spiro atoms. The number of hydrogen-bond donors (Lipinski definition) is 0. The van der Waals surface area contributed by atoms with Gasteiger partial charge in [-0.3, -0.25) is 0 Å². The van der Waals surface area contributed by atoms with Crippen LogP contribution in [0.5, 0.6) is 0 Å². The summed E-state index contributed by atoms with van der Waals surface area (Å²) in [7, 11) is 0. The van der Waals surface area contributed by atoms with E-state index in [4.69, 9.17) is 0 Å². The van der Waals surface area contributed by atoms with E-state index in [2.05, 4.69) is 33.1 Å². The lowest BCUT2D eigenvalue weighted by molar-refractivity contribution is 0.697. The Morgan fingerprint density at radius 1 is 1.06 bits per heavy atom. The van der Waals surface area contributed by atoms with E-state index in [0.717, 1.165) is 18.8 Å². The topological polar surface area (TPSA) is 0 Å². The molecule has 1 aliphatic rings. The highest BCUT2D eigenvalue weighted by Gasteiger charge is 2.22. The molecule has 1 unspecified atom stereocenters. The molecule has 1 aliphatic carbocycles. The Morgan fingerprint density at radius 3 is 1.94 bits per heavy atom. The van der Waals surface area contributed by atoms with E-state index in [-0.39, 0.29) is 0 Å². The van der Waals surface area contributed by atoms with Gasteiger partial charge >= 0.3 is 0 Å². The molecule has 0 aromatic rings. The van der Waals surface area contributed by atoms with Crippen LogP contribution in [0.25, 0.3) is 0 Å². The van der Waals surface area contributed by atoms with Crippen molar-refractivity contribution in [2.24, 2.45) is 5.92 Å². The average molecular weight is 234 g/mol. The monoisotopic (exact) mass is 234 g/mol. The van der Waals surface area contributed by atoms with Gasteiger partial charge < -0.3 is 0 Å². The third-order valence-electron chi connectivity index (χ3n) is 3.03. The molecule has 0 radical (unpaired) electrons. The molecule has 1 saturated carbocycles. The van der Waals surface area contributed by atoms with Crippen LogP contribution in [-0.2, 0) is 0 Å². The lowest BCUT2D eigenvalue weighted by Gasteiger charge is -1.92. The molecule has 0 amide bonds. The fourth-order valence-corrected chi connectivity index (χ4v) is 1.66. The number of allylic oxidation sites excluding steroid dienone is 4. The highest BCUT2D eigenvalue weighted by molar-refractivity contribution is 5.21. The Hall–Kier alpha value is -0.780. The Bertz CT molecular complexity index is 212. The van der Waals surface area contributed by atoms with Crippen molar-refractivity contribution >= 4 is 0 Å². The third kappa shape index (κ3) is 11.5. The maximum absolute atomic E-state index is 3.66. The van der Waals surface area contributed by atoms with Crippen LogP contribution in [0.1, 0.15) is 65.2 Å². The molecule has 1 atom stereocenters. The fourth-order valence-electron chi connectivity index (χ4n) is 1.66. The van der Waals surface area contributed by atoms with E-state index in [0.29, 0.717) is 0 Å². The van der Waals surface area contributed by atoms with Gasteiger partial charge in [0.05, 0.1) is 0 Å². The van der Waals surface area contributed by atoms with Gasteiger partial charge in [0.2, 0.25) is 0 Å². The average Bonchev–Trinajstić information content (AvgIpc) is 3.04. The summed E-state index contributed by atoms with van der Waals surface area (Å²) in [5.74, 6) is 0.932. The van der Waals surface area contributed by atoms with Crippen molar-refractivity contribution in [1.82, 2.24) is 0 Å². The van der Waals surface area contributed by atoms with E-state index < -0.39 is 0 Å². The smallest absolute Gasteiger partial charge is 0.0194 e. The highest BCUT2D eigenvalue weighted by Crippen LogP contribution is 2.36. The summed E-state index contributed by atoms with van der Waals surface area (Å²) in [6, 6.07) is 0. The first-order valence-corrected chi connectivity index (χ1v) is 7.16. The van der Waals surface area contributed by atoms with Crippen LogP contribution in [0.3, 0.4) is 0 Å². The van der Waals surface area contributed by atoms with Crippen molar-refractivity contribution in [3.05, 3.63) is 37.0 Å². The lowest BCUT2D eigenvalue weighted by atomic mass is 10.1. The molecule has 0 aliphatic heterocycles. The van der Waals surface area contributed by atoms with E-state index in [1.807, 2.05) is 12.2 Å². The van der Waals surface area contributed by atoms with Gasteiger partial charge in [-0.2, -0.15) is 0 Å². The van der Waals surface area contributed by atoms with Crippen molar-refractivity contribution in [1.29, 1.82) is 0 Å². The van der Waals surface area contributed by atoms with Crippen molar-refractivity contribution in [3.8, 4) is 0 Å². The molecule has 1 fully saturated rings. The quantitative estimate of drug-likeness (QED) is 0.353.